The van der Waals surface area contributed by atoms with Crippen molar-refractivity contribution in [2.75, 3.05) is 5.32 Å². The summed E-state index contributed by atoms with van der Waals surface area (Å²) in [5.74, 6) is -1.44. The summed E-state index contributed by atoms with van der Waals surface area (Å²) >= 11 is 5.93. The van der Waals surface area contributed by atoms with Crippen LogP contribution in [0.2, 0.25) is 5.02 Å². The molecule has 30 heavy (non-hydrogen) atoms. The molecule has 0 radical (unpaired) electrons. The maximum atomic E-state index is 12.6. The number of carbonyl (C=O) groups excluding carboxylic acids is 2. The zero-order valence-electron chi connectivity index (χ0n) is 16.3. The normalized spacial score (nSPS) is 11.2. The van der Waals surface area contributed by atoms with Gasteiger partial charge in [0.05, 0.1) is 5.56 Å². The van der Waals surface area contributed by atoms with E-state index < -0.39 is 23.7 Å². The monoisotopic (exact) mass is 443 g/mol. The van der Waals surface area contributed by atoms with Gasteiger partial charge >= 0.3 is 12.1 Å². The van der Waals surface area contributed by atoms with Gasteiger partial charge in [-0.15, -0.1) is 10.2 Å². The Morgan fingerprint density at radius 3 is 2.43 bits per heavy atom. The van der Waals surface area contributed by atoms with Crippen molar-refractivity contribution >= 4 is 29.3 Å². The Morgan fingerprint density at radius 2 is 1.80 bits per heavy atom. The number of aromatic nitrogens is 2. The third kappa shape index (κ3) is 7.29. The van der Waals surface area contributed by atoms with E-state index in [2.05, 4.69) is 22.4 Å². The lowest BCUT2D eigenvalue weighted by molar-refractivity contribution is -0.141. The molecule has 0 saturated carbocycles. The molecule has 0 atom stereocenters. The summed E-state index contributed by atoms with van der Waals surface area (Å²) in [6.45, 7) is 2.09. The lowest BCUT2D eigenvalue weighted by Crippen LogP contribution is -2.17. The van der Waals surface area contributed by atoms with Gasteiger partial charge in [-0.2, -0.15) is 13.2 Å². The number of unbranched alkanes of at least 4 members (excludes halogenated alkanes) is 4. The molecule has 1 aromatic heterocycles. The van der Waals surface area contributed by atoms with Crippen molar-refractivity contribution in [1.82, 2.24) is 10.2 Å². The summed E-state index contributed by atoms with van der Waals surface area (Å²) in [4.78, 5) is 24.6. The van der Waals surface area contributed by atoms with Crippen LogP contribution in [-0.4, -0.2) is 22.1 Å². The molecule has 2 rings (SSSR count). The average molecular weight is 444 g/mol. The molecule has 0 spiro atoms. The minimum atomic E-state index is -4.64. The van der Waals surface area contributed by atoms with E-state index >= 15 is 0 Å². The van der Waals surface area contributed by atoms with Crippen molar-refractivity contribution in [2.45, 2.75) is 51.6 Å². The van der Waals surface area contributed by atoms with Crippen molar-refractivity contribution in [3.63, 3.8) is 0 Å². The number of rotatable bonds is 9. The van der Waals surface area contributed by atoms with Gasteiger partial charge in [-0.1, -0.05) is 44.2 Å². The molecular weight excluding hydrogens is 423 g/mol. The maximum Gasteiger partial charge on any atom is 0.435 e. The molecule has 0 unspecified atom stereocenters. The summed E-state index contributed by atoms with van der Waals surface area (Å²) in [6.07, 6.45) is 0.379. The predicted octanol–water partition coefficient (Wildman–Crippen LogP) is 5.67. The molecule has 6 nitrogen and oxygen atoms in total. The minimum absolute atomic E-state index is 0.00432. The van der Waals surface area contributed by atoms with E-state index in [1.165, 1.54) is 18.2 Å². The predicted molar refractivity (Wildman–Crippen MR) is 105 cm³/mol. The first-order chi connectivity index (χ1) is 14.2. The third-order valence-electron chi connectivity index (χ3n) is 4.09. The summed E-state index contributed by atoms with van der Waals surface area (Å²) < 4.78 is 43.0. The van der Waals surface area contributed by atoms with Crippen LogP contribution in [0.5, 0.6) is 5.75 Å². The molecule has 0 aliphatic heterocycles. The van der Waals surface area contributed by atoms with E-state index in [4.69, 9.17) is 16.3 Å². The average Bonchev–Trinajstić information content (AvgIpc) is 2.69. The summed E-state index contributed by atoms with van der Waals surface area (Å²) in [7, 11) is 0. The Labute approximate surface area is 176 Å². The summed E-state index contributed by atoms with van der Waals surface area (Å²) in [5.41, 5.74) is -1.24. The molecule has 1 heterocycles. The number of benzene rings is 1. The number of ether oxygens (including phenoxy) is 1. The first-order valence-electron chi connectivity index (χ1n) is 9.43. The van der Waals surface area contributed by atoms with Crippen LogP contribution < -0.4 is 10.1 Å². The van der Waals surface area contributed by atoms with Crippen LogP contribution >= 0.6 is 11.6 Å². The van der Waals surface area contributed by atoms with Crippen molar-refractivity contribution in [3.8, 4) is 5.75 Å². The van der Waals surface area contributed by atoms with E-state index in [1.807, 2.05) is 0 Å². The molecule has 0 aliphatic carbocycles. The number of amides is 1. The van der Waals surface area contributed by atoms with Crippen LogP contribution in [0.1, 0.15) is 61.5 Å². The largest absolute Gasteiger partial charge is 0.435 e. The fraction of sp³-hybridized carbons (Fsp3) is 0.400. The minimum Gasteiger partial charge on any atom is -0.426 e. The standard InChI is InChI=1S/C20H21ClF3N3O3/c1-2-3-4-5-6-7-18(28)30-15-9-8-13(21)12-14(15)19(29)25-17-11-10-16(26-27-17)20(22,23)24/h8-12H,2-7H2,1H3,(H,25,27,29). The Bertz CT molecular complexity index is 874. The summed E-state index contributed by atoms with van der Waals surface area (Å²) in [5, 5.41) is 8.92. The topological polar surface area (TPSA) is 81.2 Å². The van der Waals surface area contributed by atoms with Gasteiger partial charge in [0, 0.05) is 11.4 Å². The van der Waals surface area contributed by atoms with Crippen molar-refractivity contribution in [1.29, 1.82) is 0 Å². The number of hydrogen-bond acceptors (Lipinski definition) is 5. The molecule has 1 N–H and O–H groups in total. The molecule has 0 saturated heterocycles. The van der Waals surface area contributed by atoms with Crippen LogP contribution in [0, 0.1) is 0 Å². The highest BCUT2D eigenvalue weighted by Gasteiger charge is 2.33. The molecule has 162 valence electrons. The maximum absolute atomic E-state index is 12.6. The van der Waals surface area contributed by atoms with E-state index in [1.54, 1.807) is 0 Å². The van der Waals surface area contributed by atoms with Gasteiger partial charge in [0.1, 0.15) is 5.75 Å². The summed E-state index contributed by atoms with van der Waals surface area (Å²) in [6, 6.07) is 5.80. The SMILES string of the molecule is CCCCCCCC(=O)Oc1ccc(Cl)cc1C(=O)Nc1ccc(C(F)(F)F)nn1. The first-order valence-corrected chi connectivity index (χ1v) is 9.81. The fourth-order valence-corrected chi connectivity index (χ4v) is 2.72. The number of esters is 1. The van der Waals surface area contributed by atoms with Crippen LogP contribution in [-0.2, 0) is 11.0 Å². The van der Waals surface area contributed by atoms with Crippen molar-refractivity contribution < 1.29 is 27.5 Å². The fourth-order valence-electron chi connectivity index (χ4n) is 2.55. The quantitative estimate of drug-likeness (QED) is 0.307. The van der Waals surface area contributed by atoms with E-state index in [9.17, 15) is 22.8 Å². The zero-order chi connectivity index (χ0) is 22.1. The highest BCUT2D eigenvalue weighted by Crippen LogP contribution is 2.28. The molecule has 10 heteroatoms. The molecule has 2 aromatic rings. The molecular formula is C20H21ClF3N3O3. The highest BCUT2D eigenvalue weighted by molar-refractivity contribution is 6.31. The first kappa shape index (κ1) is 23.6. The van der Waals surface area contributed by atoms with Gasteiger partial charge in [0.25, 0.3) is 5.91 Å². The Morgan fingerprint density at radius 1 is 1.07 bits per heavy atom. The Kier molecular flexibility index (Phi) is 8.58. The van der Waals surface area contributed by atoms with Crippen molar-refractivity contribution in [2.24, 2.45) is 0 Å². The third-order valence-corrected chi connectivity index (χ3v) is 4.33. The van der Waals surface area contributed by atoms with Crippen LogP contribution in [0.25, 0.3) is 0 Å². The number of anilines is 1. The number of carbonyl (C=O) groups is 2. The second-order valence-corrected chi connectivity index (χ2v) is 6.97. The second-order valence-electron chi connectivity index (χ2n) is 6.53. The number of halogens is 4. The van der Waals surface area contributed by atoms with Gasteiger partial charge < -0.3 is 10.1 Å². The van der Waals surface area contributed by atoms with Gasteiger partial charge in [-0.25, -0.2) is 0 Å². The van der Waals surface area contributed by atoms with Crippen LogP contribution in [0.3, 0.4) is 0 Å². The van der Waals surface area contributed by atoms with Gasteiger partial charge in [0.2, 0.25) is 0 Å². The Balaban J connectivity index is 2.04. The Hall–Kier alpha value is -2.68. The molecule has 0 fully saturated rings. The van der Waals surface area contributed by atoms with E-state index in [0.717, 1.165) is 31.7 Å². The number of alkyl halides is 3. The van der Waals surface area contributed by atoms with E-state index in [-0.39, 0.29) is 28.6 Å². The number of nitrogens with zero attached hydrogens (tertiary/aromatic N) is 2. The molecule has 0 aliphatic rings. The zero-order valence-corrected chi connectivity index (χ0v) is 17.0. The number of nitrogens with one attached hydrogen (secondary N) is 1. The van der Waals surface area contributed by atoms with Gasteiger partial charge in [-0.3, -0.25) is 9.59 Å². The highest BCUT2D eigenvalue weighted by atomic mass is 35.5. The molecule has 1 aromatic carbocycles. The molecule has 0 bridgehead atoms. The van der Waals surface area contributed by atoms with Crippen LogP contribution in [0.15, 0.2) is 30.3 Å². The van der Waals surface area contributed by atoms with Gasteiger partial charge in [0.15, 0.2) is 11.5 Å². The number of hydrogen-bond donors (Lipinski definition) is 1. The van der Waals surface area contributed by atoms with Crippen LogP contribution in [0.4, 0.5) is 19.0 Å². The molecule has 1 amide bonds. The lowest BCUT2D eigenvalue weighted by atomic mass is 10.1. The second kappa shape index (κ2) is 10.9. The smallest absolute Gasteiger partial charge is 0.426 e. The lowest BCUT2D eigenvalue weighted by Gasteiger charge is -2.11. The van der Waals surface area contributed by atoms with E-state index in [0.29, 0.717) is 12.5 Å². The van der Waals surface area contributed by atoms with Crippen molar-refractivity contribution in [3.05, 3.63) is 46.6 Å². The van der Waals surface area contributed by atoms with Gasteiger partial charge in [-0.05, 0) is 36.8 Å².